The van der Waals surface area contributed by atoms with Crippen LogP contribution in [0.15, 0.2) is 21.3 Å². The van der Waals surface area contributed by atoms with Crippen molar-refractivity contribution >= 4 is 22.9 Å². The van der Waals surface area contributed by atoms with Crippen LogP contribution in [0.2, 0.25) is 0 Å². The highest BCUT2D eigenvalue weighted by molar-refractivity contribution is 6.07. The molecule has 0 unspecified atom stereocenters. The molecule has 2 fully saturated rings. The molecule has 0 bridgehead atoms. The minimum atomic E-state index is -4.69. The minimum absolute atomic E-state index is 0.0854. The lowest BCUT2D eigenvalue weighted by molar-refractivity contribution is -0.136. The van der Waals surface area contributed by atoms with Crippen LogP contribution in [0.3, 0.4) is 0 Å². The molecule has 1 aliphatic heterocycles. The number of carbonyl (C=O) groups excluding carboxylic acids is 2. The highest BCUT2D eigenvalue weighted by Gasteiger charge is 2.52. The van der Waals surface area contributed by atoms with E-state index in [1.807, 2.05) is 13.8 Å². The lowest BCUT2D eigenvalue weighted by Crippen LogP contribution is -2.44. The van der Waals surface area contributed by atoms with Gasteiger partial charge in [0.1, 0.15) is 16.9 Å². The highest BCUT2D eigenvalue weighted by atomic mass is 19.4. The number of urea groups is 1. The quantitative estimate of drug-likeness (QED) is 0.244. The fourth-order valence-electron chi connectivity index (χ4n) is 5.50. The van der Waals surface area contributed by atoms with Crippen LogP contribution >= 0.6 is 0 Å². The summed E-state index contributed by atoms with van der Waals surface area (Å²) >= 11 is 0. The third-order valence-corrected chi connectivity index (χ3v) is 7.21. The second-order valence-electron chi connectivity index (χ2n) is 9.93. The molecule has 1 aliphatic carbocycles. The average molecular weight is 523 g/mol. The number of hydrogen-bond donors (Lipinski definition) is 1. The van der Waals surface area contributed by atoms with Crippen LogP contribution in [0.5, 0.6) is 5.75 Å². The number of alkyl halides is 3. The first-order valence-electron chi connectivity index (χ1n) is 13.1. The number of halogens is 3. The number of hydrogen-bond acceptors (Lipinski definition) is 5. The second kappa shape index (κ2) is 10.8. The molecule has 7 nitrogen and oxygen atoms in total. The largest absolute Gasteiger partial charge is 0.493 e. The smallest absolute Gasteiger partial charge is 0.417 e. The van der Waals surface area contributed by atoms with Gasteiger partial charge in [-0.2, -0.15) is 13.2 Å². The zero-order valence-electron chi connectivity index (χ0n) is 21.3. The summed E-state index contributed by atoms with van der Waals surface area (Å²) < 4.78 is 52.6. The maximum absolute atomic E-state index is 13.7. The molecule has 1 N–H and O–H groups in total. The van der Waals surface area contributed by atoms with Gasteiger partial charge < -0.3 is 14.5 Å². The minimum Gasteiger partial charge on any atom is -0.493 e. The van der Waals surface area contributed by atoms with Gasteiger partial charge >= 0.3 is 17.8 Å². The van der Waals surface area contributed by atoms with Crippen molar-refractivity contribution in [2.24, 2.45) is 0 Å². The number of imide groups is 1. The van der Waals surface area contributed by atoms with Gasteiger partial charge in [-0.1, -0.05) is 39.5 Å². The molecule has 2 heterocycles. The monoisotopic (exact) mass is 522 g/mol. The van der Waals surface area contributed by atoms with E-state index in [-0.39, 0.29) is 36.1 Å². The first-order chi connectivity index (χ1) is 17.6. The van der Waals surface area contributed by atoms with E-state index in [4.69, 9.17) is 9.15 Å². The maximum Gasteiger partial charge on any atom is 0.417 e. The van der Waals surface area contributed by atoms with Crippen molar-refractivity contribution in [3.8, 4) is 5.75 Å². The summed E-state index contributed by atoms with van der Waals surface area (Å²) in [6.07, 6.45) is 1.76. The topological polar surface area (TPSA) is 88.8 Å². The van der Waals surface area contributed by atoms with Crippen LogP contribution in [0.1, 0.15) is 81.9 Å². The Kier molecular flexibility index (Phi) is 7.85. The van der Waals surface area contributed by atoms with Crippen molar-refractivity contribution in [1.82, 2.24) is 10.2 Å². The van der Waals surface area contributed by atoms with E-state index < -0.39 is 22.9 Å². The Balaban J connectivity index is 1.53. The molecule has 1 saturated heterocycles. The third-order valence-electron chi connectivity index (χ3n) is 7.21. The molecule has 2 aliphatic rings. The summed E-state index contributed by atoms with van der Waals surface area (Å²) in [5.41, 5.74) is -1.78. The summed E-state index contributed by atoms with van der Waals surface area (Å²) in [5.74, 6) is 0.301. The molecule has 0 radical (unpaired) electrons. The third kappa shape index (κ3) is 5.33. The highest BCUT2D eigenvalue weighted by Crippen LogP contribution is 2.40. The number of fused-ring (bicyclic) bond motifs is 1. The fourth-order valence-corrected chi connectivity index (χ4v) is 5.50. The van der Waals surface area contributed by atoms with Gasteiger partial charge in [-0.15, -0.1) is 0 Å². The number of unbranched alkanes of at least 4 members (excludes halogenated alkanes) is 1. The van der Waals surface area contributed by atoms with Crippen molar-refractivity contribution in [3.05, 3.63) is 39.2 Å². The molecule has 202 valence electrons. The van der Waals surface area contributed by atoms with Gasteiger partial charge in [0.05, 0.1) is 12.2 Å². The van der Waals surface area contributed by atoms with E-state index in [2.05, 4.69) is 5.32 Å². The van der Waals surface area contributed by atoms with E-state index in [0.717, 1.165) is 12.8 Å². The number of nitrogens with one attached hydrogen (secondary N) is 1. The van der Waals surface area contributed by atoms with Crippen molar-refractivity contribution in [2.45, 2.75) is 89.8 Å². The summed E-state index contributed by atoms with van der Waals surface area (Å²) in [7, 11) is 0. The van der Waals surface area contributed by atoms with Crippen LogP contribution in [-0.2, 0) is 23.8 Å². The normalized spacial score (nSPS) is 17.3. The Labute approximate surface area is 213 Å². The number of rotatable bonds is 10. The molecule has 2 aromatic rings. The molecule has 1 spiro atoms. The second-order valence-corrected chi connectivity index (χ2v) is 9.93. The Hall–Kier alpha value is -3.04. The average Bonchev–Trinajstić information content (AvgIpc) is 3.39. The molecule has 4 rings (SSSR count). The molecule has 0 atom stereocenters. The summed E-state index contributed by atoms with van der Waals surface area (Å²) in [4.78, 5) is 38.5. The molecule has 1 saturated carbocycles. The van der Waals surface area contributed by atoms with Crippen molar-refractivity contribution < 1.29 is 31.9 Å². The molecule has 37 heavy (non-hydrogen) atoms. The van der Waals surface area contributed by atoms with Crippen molar-refractivity contribution in [2.75, 3.05) is 13.2 Å². The van der Waals surface area contributed by atoms with E-state index in [9.17, 15) is 27.6 Å². The van der Waals surface area contributed by atoms with Gasteiger partial charge in [0.2, 0.25) is 0 Å². The van der Waals surface area contributed by atoms with E-state index in [0.29, 0.717) is 74.3 Å². The van der Waals surface area contributed by atoms with Gasteiger partial charge in [0.25, 0.3) is 5.91 Å². The summed E-state index contributed by atoms with van der Waals surface area (Å²) in [6.45, 7) is 4.35. The molecule has 10 heteroatoms. The van der Waals surface area contributed by atoms with Gasteiger partial charge in [-0.25, -0.2) is 9.59 Å². The van der Waals surface area contributed by atoms with E-state index in [1.165, 1.54) is 11.0 Å². The first-order valence-corrected chi connectivity index (χ1v) is 13.1. The predicted molar refractivity (Wildman–Crippen MR) is 132 cm³/mol. The fraction of sp³-hybridized carbons (Fsp3) is 0.593. The van der Waals surface area contributed by atoms with Crippen LogP contribution in [0.4, 0.5) is 18.0 Å². The Bertz CT molecular complexity index is 1230. The first kappa shape index (κ1) is 27.0. The van der Waals surface area contributed by atoms with Crippen molar-refractivity contribution in [1.29, 1.82) is 0 Å². The number of benzene rings is 1. The van der Waals surface area contributed by atoms with E-state index in [1.54, 1.807) is 0 Å². The Morgan fingerprint density at radius 1 is 1.05 bits per heavy atom. The zero-order chi connectivity index (χ0) is 26.8. The van der Waals surface area contributed by atoms with Gasteiger partial charge in [-0.3, -0.25) is 9.69 Å². The van der Waals surface area contributed by atoms with Crippen LogP contribution in [-0.4, -0.2) is 35.5 Å². The molecule has 1 aromatic carbocycles. The van der Waals surface area contributed by atoms with E-state index >= 15 is 0 Å². The van der Waals surface area contributed by atoms with Crippen LogP contribution in [0, 0.1) is 0 Å². The van der Waals surface area contributed by atoms with Crippen LogP contribution in [0.25, 0.3) is 11.0 Å². The molecular weight excluding hydrogens is 489 g/mol. The Morgan fingerprint density at radius 3 is 2.41 bits per heavy atom. The maximum atomic E-state index is 13.7. The number of carbonyl (C=O) groups is 2. The van der Waals surface area contributed by atoms with Crippen molar-refractivity contribution in [3.63, 3.8) is 0 Å². The van der Waals surface area contributed by atoms with Gasteiger partial charge in [0, 0.05) is 23.6 Å². The standard InChI is InChI=1S/C27H33F3N2O5/c1-3-9-17-15-19-20(27(28,29)30)16-21(33)37-23(19)18(10-4-2)22(17)36-14-8-7-13-32-24(34)26(31-25(32)35)11-5-6-12-26/h15-16H,3-14H2,1-2H3,(H,31,35). The number of aryl methyl sites for hydroxylation is 2. The lowest BCUT2D eigenvalue weighted by atomic mass is 9.96. The zero-order valence-corrected chi connectivity index (χ0v) is 21.3. The number of nitrogens with zero attached hydrogens (tertiary/aromatic N) is 1. The predicted octanol–water partition coefficient (Wildman–Crippen LogP) is 5.74. The number of ether oxygens (including phenoxy) is 1. The number of amides is 3. The van der Waals surface area contributed by atoms with Crippen LogP contribution < -0.4 is 15.7 Å². The summed E-state index contributed by atoms with van der Waals surface area (Å²) in [5, 5.41) is 2.73. The molecular formula is C27H33F3N2O5. The lowest BCUT2D eigenvalue weighted by Gasteiger charge is -2.20. The summed E-state index contributed by atoms with van der Waals surface area (Å²) in [6, 6.07) is 1.57. The SMILES string of the molecule is CCCc1cc2c(C(F)(F)F)cc(=O)oc2c(CCC)c1OCCCCN1C(=O)NC2(CCCC2)C1=O. The Morgan fingerprint density at radius 2 is 1.76 bits per heavy atom. The van der Waals surface area contributed by atoms with Gasteiger partial charge in [0.15, 0.2) is 0 Å². The molecule has 1 aromatic heterocycles. The van der Waals surface area contributed by atoms with Gasteiger partial charge in [-0.05, 0) is 50.2 Å². The molecule has 3 amide bonds.